The largest absolute Gasteiger partial charge is 0.492 e. The van der Waals surface area contributed by atoms with Gasteiger partial charge in [-0.15, -0.1) is 0 Å². The van der Waals surface area contributed by atoms with E-state index in [2.05, 4.69) is 16.2 Å². The van der Waals surface area contributed by atoms with E-state index in [1.54, 1.807) is 25.1 Å². The molecule has 3 N–H and O–H groups in total. The summed E-state index contributed by atoms with van der Waals surface area (Å²) in [6.07, 6.45) is 0.480. The number of hydrazine groups is 1. The van der Waals surface area contributed by atoms with Crippen LogP contribution >= 0.6 is 35.4 Å². The number of hydrogen-bond acceptors (Lipinski definition) is 6. The van der Waals surface area contributed by atoms with Gasteiger partial charge in [0.15, 0.2) is 5.11 Å². The highest BCUT2D eigenvalue weighted by molar-refractivity contribution is 7.80. The number of carbonyl (C=O) groups is 3. The lowest BCUT2D eigenvalue weighted by molar-refractivity contribution is -0.144. The van der Waals surface area contributed by atoms with Crippen LogP contribution in [0.5, 0.6) is 5.75 Å². The lowest BCUT2D eigenvalue weighted by Crippen LogP contribution is -2.48. The summed E-state index contributed by atoms with van der Waals surface area (Å²) < 4.78 is 10.2. The van der Waals surface area contributed by atoms with Gasteiger partial charge < -0.3 is 14.8 Å². The fourth-order valence-electron chi connectivity index (χ4n) is 1.87. The van der Waals surface area contributed by atoms with Gasteiger partial charge in [0.25, 0.3) is 0 Å². The van der Waals surface area contributed by atoms with Gasteiger partial charge in [0.05, 0.1) is 24.7 Å². The topological polar surface area (TPSA) is 106 Å². The minimum atomic E-state index is -0.466. The molecule has 0 saturated carbocycles. The SMILES string of the molecule is CCOC(=O)CCC(=O)NC(=S)NNC(=O)CCCOc1ccc(Cl)cc1Cl. The molecular formula is C17H21Cl2N3O5S. The van der Waals surface area contributed by atoms with Crippen LogP contribution in [0.25, 0.3) is 0 Å². The van der Waals surface area contributed by atoms with Crippen LogP contribution in [0.4, 0.5) is 0 Å². The first-order chi connectivity index (χ1) is 13.3. The van der Waals surface area contributed by atoms with Crippen molar-refractivity contribution in [2.45, 2.75) is 32.6 Å². The maximum absolute atomic E-state index is 11.7. The number of halogens is 2. The van der Waals surface area contributed by atoms with Gasteiger partial charge in [-0.2, -0.15) is 0 Å². The number of rotatable bonds is 9. The van der Waals surface area contributed by atoms with Gasteiger partial charge in [-0.3, -0.25) is 25.2 Å². The molecular weight excluding hydrogens is 429 g/mol. The van der Waals surface area contributed by atoms with Gasteiger partial charge >= 0.3 is 5.97 Å². The molecule has 1 rings (SSSR count). The number of amides is 2. The molecule has 0 heterocycles. The second kappa shape index (κ2) is 13.1. The Labute approximate surface area is 178 Å². The molecule has 0 aliphatic rings. The monoisotopic (exact) mass is 449 g/mol. The van der Waals surface area contributed by atoms with Gasteiger partial charge in [-0.05, 0) is 43.8 Å². The van der Waals surface area contributed by atoms with E-state index in [0.717, 1.165) is 0 Å². The van der Waals surface area contributed by atoms with Gasteiger partial charge in [-0.1, -0.05) is 23.2 Å². The van der Waals surface area contributed by atoms with Crippen LogP contribution in [-0.4, -0.2) is 36.1 Å². The molecule has 8 nitrogen and oxygen atoms in total. The summed E-state index contributed by atoms with van der Waals surface area (Å²) in [5.74, 6) is -0.787. The van der Waals surface area contributed by atoms with E-state index in [4.69, 9.17) is 44.9 Å². The van der Waals surface area contributed by atoms with Crippen molar-refractivity contribution in [3.8, 4) is 5.75 Å². The van der Waals surface area contributed by atoms with E-state index in [1.807, 2.05) is 0 Å². The Bertz CT molecular complexity index is 718. The molecule has 11 heteroatoms. The fourth-order valence-corrected chi connectivity index (χ4v) is 2.49. The van der Waals surface area contributed by atoms with Crippen LogP contribution in [0.1, 0.15) is 32.6 Å². The van der Waals surface area contributed by atoms with Gasteiger partial charge in [-0.25, -0.2) is 0 Å². The number of ether oxygens (including phenoxy) is 2. The highest BCUT2D eigenvalue weighted by atomic mass is 35.5. The third kappa shape index (κ3) is 10.3. The van der Waals surface area contributed by atoms with Crippen molar-refractivity contribution in [2.24, 2.45) is 0 Å². The Balaban J connectivity index is 2.15. The van der Waals surface area contributed by atoms with E-state index < -0.39 is 11.9 Å². The Morgan fingerprint density at radius 3 is 2.50 bits per heavy atom. The molecule has 0 aromatic heterocycles. The van der Waals surface area contributed by atoms with E-state index in [-0.39, 0.29) is 43.5 Å². The van der Waals surface area contributed by atoms with Crippen LogP contribution in [0.2, 0.25) is 10.0 Å². The first kappa shape index (κ1) is 23.9. The number of nitrogens with one attached hydrogen (secondary N) is 3. The van der Waals surface area contributed by atoms with Crippen molar-refractivity contribution in [1.29, 1.82) is 0 Å². The number of thiocarbonyl (C=S) groups is 1. The molecule has 0 fully saturated rings. The molecule has 0 aliphatic carbocycles. The smallest absolute Gasteiger partial charge is 0.306 e. The molecule has 0 bridgehead atoms. The van der Waals surface area contributed by atoms with E-state index in [0.29, 0.717) is 22.2 Å². The lowest BCUT2D eigenvalue weighted by Gasteiger charge is -2.11. The average Bonchev–Trinajstić information content (AvgIpc) is 2.63. The Morgan fingerprint density at radius 1 is 1.07 bits per heavy atom. The Kier molecular flexibility index (Phi) is 11.2. The van der Waals surface area contributed by atoms with Crippen molar-refractivity contribution < 1.29 is 23.9 Å². The molecule has 1 aromatic rings. The number of benzene rings is 1. The van der Waals surface area contributed by atoms with Crippen molar-refractivity contribution in [3.05, 3.63) is 28.2 Å². The van der Waals surface area contributed by atoms with Crippen molar-refractivity contribution in [3.63, 3.8) is 0 Å². The molecule has 0 saturated heterocycles. The number of hydrogen-bond donors (Lipinski definition) is 3. The summed E-state index contributed by atoms with van der Waals surface area (Å²) in [6, 6.07) is 4.87. The first-order valence-electron chi connectivity index (χ1n) is 8.44. The highest BCUT2D eigenvalue weighted by Crippen LogP contribution is 2.27. The quantitative estimate of drug-likeness (QED) is 0.230. The predicted molar refractivity (Wildman–Crippen MR) is 109 cm³/mol. The third-order valence-corrected chi connectivity index (χ3v) is 3.86. The first-order valence-corrected chi connectivity index (χ1v) is 9.60. The van der Waals surface area contributed by atoms with Gasteiger partial charge in [0.2, 0.25) is 11.8 Å². The van der Waals surface area contributed by atoms with E-state index in [1.165, 1.54) is 0 Å². The summed E-state index contributed by atoms with van der Waals surface area (Å²) in [5.41, 5.74) is 4.76. The zero-order valence-corrected chi connectivity index (χ0v) is 17.5. The van der Waals surface area contributed by atoms with Crippen LogP contribution in [0.3, 0.4) is 0 Å². The molecule has 0 unspecified atom stereocenters. The zero-order valence-electron chi connectivity index (χ0n) is 15.2. The molecule has 1 aromatic carbocycles. The minimum absolute atomic E-state index is 0.0493. The summed E-state index contributed by atoms with van der Waals surface area (Å²) in [5, 5.41) is 3.16. The average molecular weight is 450 g/mol. The molecule has 0 atom stereocenters. The summed E-state index contributed by atoms with van der Waals surface area (Å²) in [4.78, 5) is 34.5. The van der Waals surface area contributed by atoms with Crippen molar-refractivity contribution >= 4 is 58.3 Å². The lowest BCUT2D eigenvalue weighted by atomic mass is 10.3. The maximum Gasteiger partial charge on any atom is 0.306 e. The standard InChI is InChI=1S/C17H21Cl2N3O5S/c1-2-26-16(25)8-7-14(23)20-17(28)22-21-15(24)4-3-9-27-13-6-5-11(18)10-12(13)19/h5-6,10H,2-4,7-9H2,1H3,(H,21,24)(H2,20,22,23,28). The van der Waals surface area contributed by atoms with Gasteiger partial charge in [0, 0.05) is 17.9 Å². The zero-order chi connectivity index (χ0) is 20.9. The second-order valence-electron chi connectivity index (χ2n) is 5.38. The summed E-state index contributed by atoms with van der Waals surface area (Å²) >= 11 is 16.7. The van der Waals surface area contributed by atoms with Crippen LogP contribution in [0, 0.1) is 0 Å². The van der Waals surface area contributed by atoms with Crippen LogP contribution in [0.15, 0.2) is 18.2 Å². The van der Waals surface area contributed by atoms with E-state index >= 15 is 0 Å². The molecule has 0 aliphatic heterocycles. The minimum Gasteiger partial charge on any atom is -0.492 e. The Morgan fingerprint density at radius 2 is 1.82 bits per heavy atom. The third-order valence-electron chi connectivity index (χ3n) is 3.13. The molecule has 0 radical (unpaired) electrons. The fraction of sp³-hybridized carbons (Fsp3) is 0.412. The molecule has 0 spiro atoms. The van der Waals surface area contributed by atoms with Crippen LogP contribution in [-0.2, 0) is 19.1 Å². The predicted octanol–water partition coefficient (Wildman–Crippen LogP) is 2.52. The highest BCUT2D eigenvalue weighted by Gasteiger charge is 2.10. The molecule has 28 heavy (non-hydrogen) atoms. The molecule has 154 valence electrons. The van der Waals surface area contributed by atoms with E-state index in [9.17, 15) is 14.4 Å². The van der Waals surface area contributed by atoms with Gasteiger partial charge in [0.1, 0.15) is 5.75 Å². The number of esters is 1. The molecule has 2 amide bonds. The normalized spacial score (nSPS) is 9.96. The van der Waals surface area contributed by atoms with Crippen molar-refractivity contribution in [1.82, 2.24) is 16.2 Å². The maximum atomic E-state index is 11.7. The second-order valence-corrected chi connectivity index (χ2v) is 6.63. The summed E-state index contributed by atoms with van der Waals surface area (Å²) in [6.45, 7) is 2.21. The Hall–Kier alpha value is -2.10. The number of carbonyl (C=O) groups excluding carboxylic acids is 3. The van der Waals surface area contributed by atoms with Crippen LogP contribution < -0.4 is 20.9 Å². The van der Waals surface area contributed by atoms with Crippen molar-refractivity contribution in [2.75, 3.05) is 13.2 Å². The summed E-state index contributed by atoms with van der Waals surface area (Å²) in [7, 11) is 0.